The minimum atomic E-state index is 0.362. The molecule has 18 heavy (non-hydrogen) atoms. The Morgan fingerprint density at radius 1 is 1.33 bits per heavy atom. The summed E-state index contributed by atoms with van der Waals surface area (Å²) in [5.74, 6) is 2.28. The van der Waals surface area contributed by atoms with Gasteiger partial charge < -0.3 is 10.3 Å². The van der Waals surface area contributed by atoms with Crippen LogP contribution in [0.3, 0.4) is 0 Å². The van der Waals surface area contributed by atoms with Crippen molar-refractivity contribution in [2.24, 2.45) is 5.73 Å². The predicted octanol–water partition coefficient (Wildman–Crippen LogP) is 2.61. The first-order valence-electron chi connectivity index (χ1n) is 7.11. The number of hydrogen-bond donors (Lipinski definition) is 1. The van der Waals surface area contributed by atoms with E-state index >= 15 is 0 Å². The number of thioether (sulfide) groups is 1. The van der Waals surface area contributed by atoms with Crippen molar-refractivity contribution in [3.8, 4) is 0 Å². The van der Waals surface area contributed by atoms with Crippen LogP contribution in [0.25, 0.3) is 0 Å². The fourth-order valence-corrected chi connectivity index (χ4v) is 3.22. The summed E-state index contributed by atoms with van der Waals surface area (Å²) in [4.78, 5) is 0. The van der Waals surface area contributed by atoms with Crippen molar-refractivity contribution < 1.29 is 0 Å². The van der Waals surface area contributed by atoms with Crippen LogP contribution in [0.1, 0.15) is 51.3 Å². The zero-order valence-electron chi connectivity index (χ0n) is 11.3. The van der Waals surface area contributed by atoms with Crippen LogP contribution in [0.2, 0.25) is 0 Å². The number of fused-ring (bicyclic) bond motifs is 1. The van der Waals surface area contributed by atoms with E-state index < -0.39 is 0 Å². The van der Waals surface area contributed by atoms with Crippen LogP contribution < -0.4 is 5.73 Å². The Labute approximate surface area is 114 Å². The van der Waals surface area contributed by atoms with Crippen LogP contribution in [-0.4, -0.2) is 26.6 Å². The second-order valence-corrected chi connectivity index (χ2v) is 6.08. The van der Waals surface area contributed by atoms with Gasteiger partial charge in [0.2, 0.25) is 0 Å². The lowest BCUT2D eigenvalue weighted by molar-refractivity contribution is 0.583. The Morgan fingerprint density at radius 2 is 2.22 bits per heavy atom. The van der Waals surface area contributed by atoms with Crippen molar-refractivity contribution >= 4 is 11.8 Å². The lowest BCUT2D eigenvalue weighted by atomic mass is 10.1. The maximum absolute atomic E-state index is 5.92. The fraction of sp³-hybridized carbons (Fsp3) is 0.846. The average Bonchev–Trinajstić information content (AvgIpc) is 2.62. The lowest BCUT2D eigenvalue weighted by Crippen LogP contribution is -2.18. The van der Waals surface area contributed by atoms with Gasteiger partial charge in [0.1, 0.15) is 5.82 Å². The Hall–Kier alpha value is -0.550. The molecule has 1 atom stereocenters. The van der Waals surface area contributed by atoms with Crippen LogP contribution in [-0.2, 0) is 13.0 Å². The summed E-state index contributed by atoms with van der Waals surface area (Å²) in [5, 5.41) is 9.74. The highest BCUT2D eigenvalue weighted by molar-refractivity contribution is 7.99. The number of hydrogen-bond acceptors (Lipinski definition) is 4. The third kappa shape index (κ3) is 3.72. The first kappa shape index (κ1) is 13.9. The molecule has 2 N–H and O–H groups in total. The highest BCUT2D eigenvalue weighted by Crippen LogP contribution is 2.22. The van der Waals surface area contributed by atoms with Gasteiger partial charge in [-0.05, 0) is 32.1 Å². The predicted molar refractivity (Wildman–Crippen MR) is 75.8 cm³/mol. The van der Waals surface area contributed by atoms with E-state index in [2.05, 4.69) is 21.7 Å². The smallest absolute Gasteiger partial charge is 0.191 e. The van der Waals surface area contributed by atoms with Gasteiger partial charge in [-0.2, -0.15) is 0 Å². The standard InChI is InChI=1S/C13H24N4S/c1-2-11(14)7-6-10-18-13-16-15-12-8-4-3-5-9-17(12)13/h11H,2-10,14H2,1H3. The number of nitrogens with zero attached hydrogens (tertiary/aromatic N) is 3. The summed E-state index contributed by atoms with van der Waals surface area (Å²) in [6.07, 6.45) is 8.29. The Morgan fingerprint density at radius 3 is 3.06 bits per heavy atom. The normalized spacial score (nSPS) is 17.2. The third-order valence-electron chi connectivity index (χ3n) is 3.55. The summed E-state index contributed by atoms with van der Waals surface area (Å²) in [7, 11) is 0. The summed E-state index contributed by atoms with van der Waals surface area (Å²) in [6.45, 7) is 3.25. The molecule has 0 radical (unpaired) electrons. The zero-order valence-corrected chi connectivity index (χ0v) is 12.1. The molecule has 0 aromatic carbocycles. The van der Waals surface area contributed by atoms with Crippen LogP contribution >= 0.6 is 11.8 Å². The van der Waals surface area contributed by atoms with Crippen molar-refractivity contribution in [2.75, 3.05) is 5.75 Å². The molecule has 0 fully saturated rings. The molecule has 1 aromatic rings. The average molecular weight is 268 g/mol. The van der Waals surface area contributed by atoms with Crippen LogP contribution in [0, 0.1) is 0 Å². The van der Waals surface area contributed by atoms with Gasteiger partial charge in [0, 0.05) is 24.8 Å². The minimum Gasteiger partial charge on any atom is -0.328 e. The molecule has 0 spiro atoms. The van der Waals surface area contributed by atoms with Gasteiger partial charge >= 0.3 is 0 Å². The quantitative estimate of drug-likeness (QED) is 0.636. The number of aromatic nitrogens is 3. The number of aryl methyl sites for hydroxylation is 1. The molecular weight excluding hydrogens is 244 g/mol. The molecule has 2 rings (SSSR count). The van der Waals surface area contributed by atoms with E-state index in [1.54, 1.807) is 0 Å². The Kier molecular flexibility index (Phi) is 5.50. The monoisotopic (exact) mass is 268 g/mol. The molecule has 5 heteroatoms. The van der Waals surface area contributed by atoms with E-state index in [0.29, 0.717) is 6.04 Å². The summed E-state index contributed by atoms with van der Waals surface area (Å²) in [6, 6.07) is 0.362. The van der Waals surface area contributed by atoms with Crippen molar-refractivity contribution in [3.63, 3.8) is 0 Å². The molecule has 1 aliphatic rings. The lowest BCUT2D eigenvalue weighted by Gasteiger charge is -2.08. The molecule has 2 heterocycles. The summed E-state index contributed by atoms with van der Waals surface area (Å²) in [5.41, 5.74) is 5.92. The molecule has 0 saturated heterocycles. The van der Waals surface area contributed by atoms with E-state index in [9.17, 15) is 0 Å². The van der Waals surface area contributed by atoms with Gasteiger partial charge in [-0.1, -0.05) is 25.1 Å². The topological polar surface area (TPSA) is 56.7 Å². The van der Waals surface area contributed by atoms with E-state index in [1.165, 1.54) is 31.5 Å². The van der Waals surface area contributed by atoms with Crippen LogP contribution in [0.5, 0.6) is 0 Å². The number of nitrogens with two attached hydrogens (primary N) is 1. The van der Waals surface area contributed by atoms with E-state index in [0.717, 1.165) is 36.7 Å². The van der Waals surface area contributed by atoms with Crippen molar-refractivity contribution in [1.82, 2.24) is 14.8 Å². The SMILES string of the molecule is CCC(N)CCCSc1nnc2n1CCCCC2. The van der Waals surface area contributed by atoms with Crippen LogP contribution in [0.4, 0.5) is 0 Å². The van der Waals surface area contributed by atoms with Crippen molar-refractivity contribution in [2.45, 2.75) is 69.6 Å². The molecular formula is C13H24N4S. The van der Waals surface area contributed by atoms with E-state index in [-0.39, 0.29) is 0 Å². The highest BCUT2D eigenvalue weighted by Gasteiger charge is 2.14. The summed E-state index contributed by atoms with van der Waals surface area (Å²) < 4.78 is 2.32. The Bertz CT molecular complexity index is 364. The van der Waals surface area contributed by atoms with Crippen LogP contribution in [0.15, 0.2) is 5.16 Å². The zero-order chi connectivity index (χ0) is 12.8. The third-order valence-corrected chi connectivity index (χ3v) is 4.60. The molecule has 1 aliphatic heterocycles. The van der Waals surface area contributed by atoms with Crippen molar-refractivity contribution in [3.05, 3.63) is 5.82 Å². The summed E-state index contributed by atoms with van der Waals surface area (Å²) >= 11 is 1.84. The molecule has 4 nitrogen and oxygen atoms in total. The molecule has 1 aromatic heterocycles. The number of rotatable bonds is 6. The van der Waals surface area contributed by atoms with Gasteiger partial charge in [-0.3, -0.25) is 0 Å². The second-order valence-electron chi connectivity index (χ2n) is 5.02. The first-order chi connectivity index (χ1) is 8.81. The maximum Gasteiger partial charge on any atom is 0.191 e. The highest BCUT2D eigenvalue weighted by atomic mass is 32.2. The molecule has 102 valence electrons. The van der Waals surface area contributed by atoms with Gasteiger partial charge in [0.05, 0.1) is 0 Å². The molecule has 0 amide bonds. The second kappa shape index (κ2) is 7.14. The first-order valence-corrected chi connectivity index (χ1v) is 8.10. The van der Waals surface area contributed by atoms with Gasteiger partial charge in [0.15, 0.2) is 5.16 Å². The van der Waals surface area contributed by atoms with E-state index in [1.807, 2.05) is 11.8 Å². The van der Waals surface area contributed by atoms with Gasteiger partial charge in [-0.25, -0.2) is 0 Å². The Balaban J connectivity index is 1.81. The molecule has 0 saturated carbocycles. The molecule has 0 aliphatic carbocycles. The minimum absolute atomic E-state index is 0.362. The molecule has 1 unspecified atom stereocenters. The largest absolute Gasteiger partial charge is 0.328 e. The molecule has 0 bridgehead atoms. The van der Waals surface area contributed by atoms with Gasteiger partial charge in [-0.15, -0.1) is 10.2 Å². The maximum atomic E-state index is 5.92. The fourth-order valence-electron chi connectivity index (χ4n) is 2.28. The van der Waals surface area contributed by atoms with E-state index in [4.69, 9.17) is 5.73 Å². The van der Waals surface area contributed by atoms with Gasteiger partial charge in [0.25, 0.3) is 0 Å². The van der Waals surface area contributed by atoms with Crippen molar-refractivity contribution in [1.29, 1.82) is 0 Å².